The van der Waals surface area contributed by atoms with E-state index < -0.39 is 0 Å². The number of aliphatic imine (C=N–C) groups is 1. The molecule has 1 heterocycles. The van der Waals surface area contributed by atoms with Gasteiger partial charge < -0.3 is 5.11 Å². The largest absolute Gasteiger partial charge is 0.506 e. The Bertz CT molecular complexity index is 616. The minimum atomic E-state index is 0.0701. The SMILES string of the molecule is C=Nc1ccnn1/C=C(\C)c1ccc(O)c(Cl)c1. The van der Waals surface area contributed by atoms with E-state index in [-0.39, 0.29) is 5.75 Å². The summed E-state index contributed by atoms with van der Waals surface area (Å²) in [5.74, 6) is 0.736. The van der Waals surface area contributed by atoms with Crippen LogP contribution in [0.5, 0.6) is 5.75 Å². The minimum Gasteiger partial charge on any atom is -0.506 e. The van der Waals surface area contributed by atoms with Crippen LogP contribution in [-0.4, -0.2) is 21.6 Å². The fourth-order valence-corrected chi connectivity index (χ4v) is 1.72. The van der Waals surface area contributed by atoms with Crippen molar-refractivity contribution in [2.24, 2.45) is 4.99 Å². The van der Waals surface area contributed by atoms with Crippen molar-refractivity contribution >= 4 is 35.9 Å². The topological polar surface area (TPSA) is 50.4 Å². The van der Waals surface area contributed by atoms with Crippen LogP contribution in [0.4, 0.5) is 5.82 Å². The van der Waals surface area contributed by atoms with Crippen LogP contribution in [0.15, 0.2) is 35.5 Å². The molecule has 0 aliphatic heterocycles. The highest BCUT2D eigenvalue weighted by atomic mass is 35.5. The fourth-order valence-electron chi connectivity index (χ4n) is 1.54. The molecule has 0 aliphatic rings. The first-order chi connectivity index (χ1) is 8.61. The lowest BCUT2D eigenvalue weighted by molar-refractivity contribution is 0.475. The second-order valence-electron chi connectivity index (χ2n) is 3.77. The van der Waals surface area contributed by atoms with E-state index in [0.717, 1.165) is 11.1 Å². The molecule has 18 heavy (non-hydrogen) atoms. The van der Waals surface area contributed by atoms with Crippen molar-refractivity contribution in [1.82, 2.24) is 9.78 Å². The molecule has 0 amide bonds. The summed E-state index contributed by atoms with van der Waals surface area (Å²) in [6.45, 7) is 5.40. The van der Waals surface area contributed by atoms with E-state index in [1.54, 1.807) is 35.1 Å². The summed E-state index contributed by atoms with van der Waals surface area (Å²) >= 11 is 5.87. The molecule has 0 atom stereocenters. The van der Waals surface area contributed by atoms with Crippen LogP contribution in [0.25, 0.3) is 11.8 Å². The molecule has 2 aromatic rings. The molecule has 1 aromatic carbocycles. The van der Waals surface area contributed by atoms with Gasteiger partial charge in [-0.3, -0.25) is 0 Å². The van der Waals surface area contributed by atoms with Crippen LogP contribution in [0.3, 0.4) is 0 Å². The summed E-state index contributed by atoms with van der Waals surface area (Å²) in [7, 11) is 0. The van der Waals surface area contributed by atoms with Crippen LogP contribution in [0, 0.1) is 0 Å². The van der Waals surface area contributed by atoms with Crippen LogP contribution in [0.2, 0.25) is 5.02 Å². The zero-order valence-electron chi connectivity index (χ0n) is 9.84. The number of benzene rings is 1. The van der Waals surface area contributed by atoms with E-state index in [4.69, 9.17) is 11.6 Å². The van der Waals surface area contributed by atoms with E-state index in [0.29, 0.717) is 10.8 Å². The number of phenols is 1. The van der Waals surface area contributed by atoms with Crippen LogP contribution in [0.1, 0.15) is 12.5 Å². The molecular weight excluding hydrogens is 250 g/mol. The van der Waals surface area contributed by atoms with Gasteiger partial charge in [0.1, 0.15) is 5.75 Å². The monoisotopic (exact) mass is 261 g/mol. The average Bonchev–Trinajstić information content (AvgIpc) is 2.79. The predicted molar refractivity (Wildman–Crippen MR) is 74.4 cm³/mol. The van der Waals surface area contributed by atoms with Gasteiger partial charge in [-0.2, -0.15) is 5.10 Å². The van der Waals surface area contributed by atoms with Crippen molar-refractivity contribution in [3.63, 3.8) is 0 Å². The Morgan fingerprint density at radius 2 is 2.28 bits per heavy atom. The van der Waals surface area contributed by atoms with Gasteiger partial charge in [0.2, 0.25) is 0 Å². The molecule has 2 rings (SSSR count). The maximum atomic E-state index is 9.37. The van der Waals surface area contributed by atoms with Crippen molar-refractivity contribution in [3.8, 4) is 5.75 Å². The first-order valence-electron chi connectivity index (χ1n) is 5.29. The van der Waals surface area contributed by atoms with Crippen molar-refractivity contribution in [2.75, 3.05) is 0 Å². The van der Waals surface area contributed by atoms with Crippen LogP contribution >= 0.6 is 11.6 Å². The Morgan fingerprint density at radius 1 is 1.50 bits per heavy atom. The molecule has 1 N–H and O–H groups in total. The lowest BCUT2D eigenvalue weighted by Crippen LogP contribution is -1.90. The molecule has 0 bridgehead atoms. The number of hydrogen-bond acceptors (Lipinski definition) is 3. The first kappa shape index (κ1) is 12.4. The maximum absolute atomic E-state index is 9.37. The third-order valence-corrected chi connectivity index (χ3v) is 2.83. The molecule has 1 aromatic heterocycles. The predicted octanol–water partition coefficient (Wildman–Crippen LogP) is 3.59. The highest BCUT2D eigenvalue weighted by Gasteiger charge is 2.03. The van der Waals surface area contributed by atoms with E-state index in [1.807, 2.05) is 13.1 Å². The number of nitrogens with zero attached hydrogens (tertiary/aromatic N) is 3. The second-order valence-corrected chi connectivity index (χ2v) is 4.18. The zero-order valence-corrected chi connectivity index (χ0v) is 10.6. The van der Waals surface area contributed by atoms with Crippen molar-refractivity contribution in [1.29, 1.82) is 0 Å². The van der Waals surface area contributed by atoms with Gasteiger partial charge in [-0.15, -0.1) is 0 Å². The number of aromatic nitrogens is 2. The molecule has 5 heteroatoms. The van der Waals surface area contributed by atoms with Crippen molar-refractivity contribution < 1.29 is 5.11 Å². The van der Waals surface area contributed by atoms with E-state index in [2.05, 4.69) is 16.8 Å². The lowest BCUT2D eigenvalue weighted by Gasteiger charge is -2.04. The minimum absolute atomic E-state index is 0.0701. The Balaban J connectivity index is 2.38. The molecule has 0 saturated heterocycles. The van der Waals surface area contributed by atoms with Crippen molar-refractivity contribution in [3.05, 3.63) is 41.0 Å². The lowest BCUT2D eigenvalue weighted by atomic mass is 10.1. The Hall–Kier alpha value is -2.07. The van der Waals surface area contributed by atoms with Gasteiger partial charge in [0.05, 0.1) is 11.2 Å². The summed E-state index contributed by atoms with van der Waals surface area (Å²) in [4.78, 5) is 3.85. The molecule has 4 nitrogen and oxygen atoms in total. The number of allylic oxidation sites excluding steroid dienone is 1. The third kappa shape index (κ3) is 2.43. The van der Waals surface area contributed by atoms with Gasteiger partial charge in [0, 0.05) is 12.3 Å². The van der Waals surface area contributed by atoms with Gasteiger partial charge in [-0.25, -0.2) is 9.67 Å². The Morgan fingerprint density at radius 3 is 2.94 bits per heavy atom. The molecule has 0 unspecified atom stereocenters. The summed E-state index contributed by atoms with van der Waals surface area (Å²) < 4.78 is 1.63. The molecule has 0 aliphatic carbocycles. The molecular formula is C13H12ClN3O. The summed E-state index contributed by atoms with van der Waals surface area (Å²) in [5, 5.41) is 13.8. The number of rotatable bonds is 3. The van der Waals surface area contributed by atoms with Crippen LogP contribution in [-0.2, 0) is 0 Å². The fraction of sp³-hybridized carbons (Fsp3) is 0.0769. The van der Waals surface area contributed by atoms with Crippen molar-refractivity contribution in [2.45, 2.75) is 6.92 Å². The second kappa shape index (κ2) is 5.06. The zero-order chi connectivity index (χ0) is 13.1. The normalized spacial score (nSPS) is 11.6. The van der Waals surface area contributed by atoms with Gasteiger partial charge in [0.25, 0.3) is 0 Å². The van der Waals surface area contributed by atoms with Gasteiger partial charge in [-0.05, 0) is 36.9 Å². The summed E-state index contributed by atoms with van der Waals surface area (Å²) in [6.07, 6.45) is 3.48. The summed E-state index contributed by atoms with van der Waals surface area (Å²) in [5.41, 5.74) is 1.86. The quantitative estimate of drug-likeness (QED) is 0.859. The molecule has 0 saturated carbocycles. The number of aromatic hydroxyl groups is 1. The Kier molecular flexibility index (Phi) is 3.48. The number of halogens is 1. The van der Waals surface area contributed by atoms with E-state index in [1.165, 1.54) is 0 Å². The van der Waals surface area contributed by atoms with Gasteiger partial charge in [-0.1, -0.05) is 17.7 Å². The smallest absolute Gasteiger partial charge is 0.154 e. The van der Waals surface area contributed by atoms with Crippen LogP contribution < -0.4 is 0 Å². The standard InChI is InChI=1S/C13H12ClN3O/c1-9(8-17-13(15-2)5-6-16-17)10-3-4-12(18)11(14)7-10/h3-8,18H,2H2,1H3/b9-8+. The molecule has 0 fully saturated rings. The first-order valence-corrected chi connectivity index (χ1v) is 5.67. The van der Waals surface area contributed by atoms with Gasteiger partial charge >= 0.3 is 0 Å². The average molecular weight is 262 g/mol. The van der Waals surface area contributed by atoms with Gasteiger partial charge in [0.15, 0.2) is 5.82 Å². The highest BCUT2D eigenvalue weighted by molar-refractivity contribution is 6.32. The molecule has 0 radical (unpaired) electrons. The van der Waals surface area contributed by atoms with E-state index in [9.17, 15) is 5.11 Å². The highest BCUT2D eigenvalue weighted by Crippen LogP contribution is 2.27. The third-order valence-electron chi connectivity index (χ3n) is 2.53. The van der Waals surface area contributed by atoms with E-state index >= 15 is 0 Å². The molecule has 0 spiro atoms. The maximum Gasteiger partial charge on any atom is 0.154 e. The number of hydrogen-bond donors (Lipinski definition) is 1. The number of phenolic OH excluding ortho intramolecular Hbond substituents is 1. The molecule has 92 valence electrons. The Labute approximate surface area is 110 Å². The summed E-state index contributed by atoms with van der Waals surface area (Å²) in [6, 6.07) is 6.82.